The predicted molar refractivity (Wildman–Crippen MR) is 124 cm³/mol. The summed E-state index contributed by atoms with van der Waals surface area (Å²) in [7, 11) is 3.77. The Bertz CT molecular complexity index is 988. The number of amides is 1. The van der Waals surface area contributed by atoms with Crippen molar-refractivity contribution in [2.45, 2.75) is 25.2 Å². The highest BCUT2D eigenvalue weighted by Crippen LogP contribution is 2.36. The molecule has 0 aliphatic carbocycles. The van der Waals surface area contributed by atoms with Crippen molar-refractivity contribution in [3.63, 3.8) is 0 Å². The fourth-order valence-electron chi connectivity index (χ4n) is 4.81. The normalized spacial score (nSPS) is 22.5. The molecule has 1 N–H and O–H groups in total. The van der Waals surface area contributed by atoms with Crippen molar-refractivity contribution in [2.75, 3.05) is 51.7 Å². The number of anilines is 1. The van der Waals surface area contributed by atoms with Gasteiger partial charge in [0.15, 0.2) is 0 Å². The lowest BCUT2D eigenvalue weighted by Crippen LogP contribution is -2.52. The quantitative estimate of drug-likeness (QED) is 0.721. The van der Waals surface area contributed by atoms with E-state index >= 15 is 0 Å². The van der Waals surface area contributed by atoms with Gasteiger partial charge in [0.1, 0.15) is 0 Å². The topological polar surface area (TPSA) is 60.8 Å². The van der Waals surface area contributed by atoms with E-state index in [1.54, 1.807) is 30.4 Å². The average Bonchev–Trinajstić information content (AvgIpc) is 2.78. The van der Waals surface area contributed by atoms with E-state index in [9.17, 15) is 13.6 Å². The van der Waals surface area contributed by atoms with Crippen molar-refractivity contribution in [1.29, 1.82) is 0 Å². The highest BCUT2D eigenvalue weighted by atomic mass is 19.3. The number of hydrogen-bond donors (Lipinski definition) is 1. The first-order valence-electron chi connectivity index (χ1n) is 11.3. The second kappa shape index (κ2) is 9.48. The molecular weight excluding hydrogens is 412 g/mol. The van der Waals surface area contributed by atoms with Crippen LogP contribution >= 0.6 is 0 Å². The van der Waals surface area contributed by atoms with E-state index in [-0.39, 0.29) is 12.5 Å². The molecule has 2 aliphatic heterocycles. The molecule has 0 spiro atoms. The molecule has 1 atom stereocenters. The fraction of sp³-hybridized carbons (Fsp3) is 0.542. The minimum Gasteiger partial charge on any atom is -0.364 e. The Morgan fingerprint density at radius 3 is 2.84 bits per heavy atom. The number of carbonyl (C=O) groups is 1. The van der Waals surface area contributed by atoms with Crippen LogP contribution in [0.15, 0.2) is 35.5 Å². The first-order valence-corrected chi connectivity index (χ1v) is 11.3. The number of nitrogens with zero attached hydrogens (tertiary/aromatic N) is 4. The number of hydrogen-bond acceptors (Lipinski definition) is 5. The molecule has 1 amide bonds. The third-order valence-electron chi connectivity index (χ3n) is 6.57. The summed E-state index contributed by atoms with van der Waals surface area (Å²) in [5.74, 6) is -3.55. The number of rotatable bonds is 5. The molecule has 1 unspecified atom stereocenters. The van der Waals surface area contributed by atoms with Crippen LogP contribution in [0.1, 0.15) is 24.8 Å². The Morgan fingerprint density at radius 2 is 2.09 bits per heavy atom. The number of alkyl halides is 2. The summed E-state index contributed by atoms with van der Waals surface area (Å²) in [5.41, 5.74) is 2.23. The van der Waals surface area contributed by atoms with Gasteiger partial charge in [0.05, 0.1) is 18.0 Å². The van der Waals surface area contributed by atoms with E-state index in [2.05, 4.69) is 27.2 Å². The first-order chi connectivity index (χ1) is 15.4. The van der Waals surface area contributed by atoms with Crippen LogP contribution in [0.25, 0.3) is 10.9 Å². The van der Waals surface area contributed by atoms with E-state index in [1.807, 2.05) is 18.2 Å². The third kappa shape index (κ3) is 5.06. The Kier molecular flexibility index (Phi) is 6.69. The fourth-order valence-corrected chi connectivity index (χ4v) is 4.81. The van der Waals surface area contributed by atoms with Gasteiger partial charge in [-0.2, -0.15) is 0 Å². The Morgan fingerprint density at radius 1 is 1.31 bits per heavy atom. The summed E-state index contributed by atoms with van der Waals surface area (Å²) < 4.78 is 29.4. The smallest absolute Gasteiger partial charge is 0.266 e. The van der Waals surface area contributed by atoms with Crippen molar-refractivity contribution >= 4 is 28.7 Å². The van der Waals surface area contributed by atoms with Crippen LogP contribution < -0.4 is 10.2 Å². The summed E-state index contributed by atoms with van der Waals surface area (Å²) in [6.45, 7) is 2.44. The van der Waals surface area contributed by atoms with Gasteiger partial charge in [-0.1, -0.05) is 0 Å². The van der Waals surface area contributed by atoms with E-state index in [0.29, 0.717) is 23.7 Å². The molecule has 32 heavy (non-hydrogen) atoms. The second-order valence-electron chi connectivity index (χ2n) is 9.09. The molecule has 2 saturated heterocycles. The molecule has 172 valence electrons. The molecule has 1 aromatic heterocycles. The maximum Gasteiger partial charge on any atom is 0.266 e. The maximum absolute atomic E-state index is 14.7. The van der Waals surface area contributed by atoms with Gasteiger partial charge in [0.25, 0.3) is 5.92 Å². The number of piperidine rings is 2. The van der Waals surface area contributed by atoms with Crippen molar-refractivity contribution < 1.29 is 13.6 Å². The van der Waals surface area contributed by atoms with Crippen LogP contribution in [0.2, 0.25) is 0 Å². The van der Waals surface area contributed by atoms with Gasteiger partial charge in [0.2, 0.25) is 5.91 Å². The minimum atomic E-state index is -2.94. The summed E-state index contributed by atoms with van der Waals surface area (Å²) in [5, 5.41) is 3.75. The molecule has 1 aromatic carbocycles. The molecule has 0 bridgehead atoms. The summed E-state index contributed by atoms with van der Waals surface area (Å²) in [4.78, 5) is 25.3. The molecule has 6 nitrogen and oxygen atoms in total. The number of likely N-dealkylation sites (tertiary alicyclic amines) is 1. The number of halogens is 2. The third-order valence-corrected chi connectivity index (χ3v) is 6.57. The summed E-state index contributed by atoms with van der Waals surface area (Å²) >= 11 is 0. The van der Waals surface area contributed by atoms with Gasteiger partial charge in [-0.25, -0.2) is 8.78 Å². The predicted octanol–water partition coefficient (Wildman–Crippen LogP) is 3.20. The largest absolute Gasteiger partial charge is 0.364 e. The summed E-state index contributed by atoms with van der Waals surface area (Å²) in [6, 6.07) is 7.36. The average molecular weight is 444 g/mol. The van der Waals surface area contributed by atoms with Crippen molar-refractivity contribution in [3.8, 4) is 0 Å². The highest BCUT2D eigenvalue weighted by Gasteiger charge is 2.43. The van der Waals surface area contributed by atoms with Crippen LogP contribution in [0, 0.1) is 11.8 Å². The van der Waals surface area contributed by atoms with Crippen LogP contribution in [0.5, 0.6) is 0 Å². The van der Waals surface area contributed by atoms with Crippen LogP contribution in [0.3, 0.4) is 0 Å². The highest BCUT2D eigenvalue weighted by molar-refractivity contribution is 6.03. The van der Waals surface area contributed by atoms with Gasteiger partial charge >= 0.3 is 0 Å². The zero-order valence-electron chi connectivity index (χ0n) is 18.7. The molecular formula is C24H31F2N5O. The molecule has 0 radical (unpaired) electrons. The van der Waals surface area contributed by atoms with Gasteiger partial charge in [-0.15, -0.1) is 0 Å². The van der Waals surface area contributed by atoms with Crippen LogP contribution in [-0.2, 0) is 4.79 Å². The molecule has 2 fully saturated rings. The van der Waals surface area contributed by atoms with Crippen LogP contribution in [-0.4, -0.2) is 74.7 Å². The van der Waals surface area contributed by atoms with Gasteiger partial charge < -0.3 is 15.1 Å². The van der Waals surface area contributed by atoms with E-state index in [0.717, 1.165) is 36.9 Å². The number of fused-ring (bicyclic) bond motifs is 1. The molecule has 3 heterocycles. The van der Waals surface area contributed by atoms with Gasteiger partial charge in [0, 0.05) is 55.6 Å². The molecule has 2 aromatic rings. The van der Waals surface area contributed by atoms with E-state index in [1.165, 1.54) is 0 Å². The zero-order valence-corrected chi connectivity index (χ0v) is 18.7. The minimum absolute atomic E-state index is 0.264. The van der Waals surface area contributed by atoms with Crippen LogP contribution in [0.4, 0.5) is 14.5 Å². The monoisotopic (exact) mass is 443 g/mol. The number of benzene rings is 1. The lowest BCUT2D eigenvalue weighted by atomic mass is 9.92. The SMILES string of the molecule is C/N=C\c1ccc(N2CC(C(=O)NCC3CCN(C)CC3)CC(F)(F)C2)c2cccnc12. The number of aliphatic imine (C=N–C) groups is 1. The Balaban J connectivity index is 1.52. The Labute approximate surface area is 187 Å². The standard InChI is InChI=1S/C24H31F2N5O/c1-27-14-18-5-6-21(20-4-3-9-28-22(18)20)31-15-19(12-24(25,26)16-31)23(32)29-13-17-7-10-30(2)11-8-17/h3-6,9,14,17,19H,7-8,10-13,15-16H2,1-2H3,(H,29,32)/b27-14-. The zero-order chi connectivity index (χ0) is 22.7. The number of carbonyl (C=O) groups excluding carboxylic acids is 1. The molecule has 2 aliphatic rings. The van der Waals surface area contributed by atoms with Gasteiger partial charge in [-0.05, 0) is 63.2 Å². The molecule has 0 saturated carbocycles. The van der Waals surface area contributed by atoms with Crippen molar-refractivity contribution in [2.24, 2.45) is 16.8 Å². The van der Waals surface area contributed by atoms with Crippen molar-refractivity contribution in [1.82, 2.24) is 15.2 Å². The number of aromatic nitrogens is 1. The van der Waals surface area contributed by atoms with E-state index in [4.69, 9.17) is 0 Å². The number of nitrogens with one attached hydrogen (secondary N) is 1. The number of pyridine rings is 1. The lowest BCUT2D eigenvalue weighted by Gasteiger charge is -2.39. The lowest BCUT2D eigenvalue weighted by molar-refractivity contribution is -0.130. The first kappa shape index (κ1) is 22.6. The Hall–Kier alpha value is -2.61. The maximum atomic E-state index is 14.7. The molecule has 8 heteroatoms. The van der Waals surface area contributed by atoms with Crippen molar-refractivity contribution in [3.05, 3.63) is 36.0 Å². The molecule has 4 rings (SSSR count). The second-order valence-corrected chi connectivity index (χ2v) is 9.09. The van der Waals surface area contributed by atoms with Gasteiger partial charge in [-0.3, -0.25) is 14.8 Å². The van der Waals surface area contributed by atoms with E-state index < -0.39 is 24.8 Å². The summed E-state index contributed by atoms with van der Waals surface area (Å²) in [6.07, 6.45) is 5.03.